The van der Waals surface area contributed by atoms with Gasteiger partial charge in [0, 0.05) is 49.4 Å². The number of benzene rings is 8. The number of aromatic nitrogens is 3. The number of para-hydroxylation sites is 4. The normalized spacial score (nSPS) is 11.6. The molecule has 0 aliphatic heterocycles. The zero-order chi connectivity index (χ0) is 37.0. The fourth-order valence-electron chi connectivity index (χ4n) is 7.85. The molecule has 5 nitrogen and oxygen atoms in total. The van der Waals surface area contributed by atoms with Crippen LogP contribution in [-0.4, -0.2) is 15.0 Å². The van der Waals surface area contributed by atoms with Crippen LogP contribution in [0.15, 0.2) is 197 Å². The Morgan fingerprint density at radius 1 is 0.268 bits per heavy atom. The summed E-state index contributed by atoms with van der Waals surface area (Å²) in [5, 5.41) is 4.29. The Morgan fingerprint density at radius 3 is 1.36 bits per heavy atom. The number of rotatable bonds is 6. The van der Waals surface area contributed by atoms with Gasteiger partial charge in [-0.2, -0.15) is 0 Å². The molecule has 0 bridgehead atoms. The van der Waals surface area contributed by atoms with Gasteiger partial charge in [0.15, 0.2) is 17.5 Å². The molecule has 0 unspecified atom stereocenters. The lowest BCUT2D eigenvalue weighted by atomic mass is 9.92. The van der Waals surface area contributed by atoms with E-state index in [4.69, 9.17) is 23.8 Å². The van der Waals surface area contributed by atoms with Crippen LogP contribution in [0.3, 0.4) is 0 Å². The van der Waals surface area contributed by atoms with Crippen molar-refractivity contribution in [3.8, 4) is 67.5 Å². The Morgan fingerprint density at radius 2 is 0.714 bits per heavy atom. The smallest absolute Gasteiger partial charge is 0.164 e. The third kappa shape index (κ3) is 5.37. The molecule has 0 aliphatic carbocycles. The van der Waals surface area contributed by atoms with Crippen molar-refractivity contribution < 1.29 is 8.83 Å². The average Bonchev–Trinajstić information content (AvgIpc) is 3.86. The third-order valence-electron chi connectivity index (χ3n) is 10.6. The highest BCUT2D eigenvalue weighted by atomic mass is 16.3. The average molecular weight is 718 g/mol. The standard InChI is InChI=1S/C51H31N3O2/c1-3-13-32(14-4-1)33-25-27-35(28-26-33)50-52-49(34-15-5-2-6-16-34)53-51(54-50)44-31-36(37-19-11-21-42-39-17-7-9-23-45(39)55-47(37)42)29-30-38(44)41-20-12-22-43-40-18-8-10-24-46(40)56-48(41)43/h1-31H. The van der Waals surface area contributed by atoms with E-state index < -0.39 is 0 Å². The van der Waals surface area contributed by atoms with Gasteiger partial charge in [-0.3, -0.25) is 0 Å². The zero-order valence-electron chi connectivity index (χ0n) is 30.1. The summed E-state index contributed by atoms with van der Waals surface area (Å²) in [7, 11) is 0. The minimum Gasteiger partial charge on any atom is -0.455 e. The molecule has 262 valence electrons. The highest BCUT2D eigenvalue weighted by Gasteiger charge is 2.21. The van der Waals surface area contributed by atoms with Crippen LogP contribution in [0.1, 0.15) is 0 Å². The number of nitrogens with zero attached hydrogens (tertiary/aromatic N) is 3. The maximum Gasteiger partial charge on any atom is 0.164 e. The van der Waals surface area contributed by atoms with Crippen molar-refractivity contribution in [1.82, 2.24) is 15.0 Å². The molecule has 8 aromatic carbocycles. The fraction of sp³-hybridized carbons (Fsp3) is 0. The lowest BCUT2D eigenvalue weighted by Crippen LogP contribution is -2.01. The van der Waals surface area contributed by atoms with Gasteiger partial charge in [-0.1, -0.05) is 170 Å². The third-order valence-corrected chi connectivity index (χ3v) is 10.6. The second-order valence-electron chi connectivity index (χ2n) is 13.9. The van der Waals surface area contributed by atoms with Gasteiger partial charge >= 0.3 is 0 Å². The first-order chi connectivity index (χ1) is 27.7. The lowest BCUT2D eigenvalue weighted by Gasteiger charge is -2.14. The summed E-state index contributed by atoms with van der Waals surface area (Å²) in [4.78, 5) is 15.6. The van der Waals surface area contributed by atoms with Crippen LogP contribution in [0, 0.1) is 0 Å². The fourth-order valence-corrected chi connectivity index (χ4v) is 7.85. The van der Waals surface area contributed by atoms with Gasteiger partial charge in [-0.25, -0.2) is 15.0 Å². The van der Waals surface area contributed by atoms with Crippen molar-refractivity contribution in [2.75, 3.05) is 0 Å². The van der Waals surface area contributed by atoms with Crippen LogP contribution in [0.25, 0.3) is 111 Å². The maximum atomic E-state index is 6.60. The molecule has 11 rings (SSSR count). The van der Waals surface area contributed by atoms with Crippen molar-refractivity contribution in [1.29, 1.82) is 0 Å². The summed E-state index contributed by atoms with van der Waals surface area (Å²) >= 11 is 0. The molecule has 0 fully saturated rings. The van der Waals surface area contributed by atoms with Gasteiger partial charge in [0.25, 0.3) is 0 Å². The maximum absolute atomic E-state index is 6.60. The number of furan rings is 2. The van der Waals surface area contributed by atoms with E-state index in [-0.39, 0.29) is 0 Å². The first-order valence-electron chi connectivity index (χ1n) is 18.7. The molecular formula is C51H31N3O2. The summed E-state index contributed by atoms with van der Waals surface area (Å²) < 4.78 is 13.1. The molecule has 0 radical (unpaired) electrons. The monoisotopic (exact) mass is 717 g/mol. The number of hydrogen-bond donors (Lipinski definition) is 0. The largest absolute Gasteiger partial charge is 0.455 e. The van der Waals surface area contributed by atoms with Crippen LogP contribution in [0.2, 0.25) is 0 Å². The molecular weight excluding hydrogens is 687 g/mol. The summed E-state index contributed by atoms with van der Waals surface area (Å²) in [6.45, 7) is 0. The van der Waals surface area contributed by atoms with E-state index in [0.29, 0.717) is 17.5 Å². The molecule has 0 saturated heterocycles. The van der Waals surface area contributed by atoms with Crippen LogP contribution in [0.5, 0.6) is 0 Å². The molecule has 0 N–H and O–H groups in total. The topological polar surface area (TPSA) is 65.0 Å². The minimum absolute atomic E-state index is 0.558. The van der Waals surface area contributed by atoms with Crippen LogP contribution in [0.4, 0.5) is 0 Å². The van der Waals surface area contributed by atoms with E-state index in [1.165, 1.54) is 0 Å². The van der Waals surface area contributed by atoms with Gasteiger partial charge in [-0.15, -0.1) is 0 Å². The predicted molar refractivity (Wildman–Crippen MR) is 227 cm³/mol. The van der Waals surface area contributed by atoms with Crippen LogP contribution in [-0.2, 0) is 0 Å². The van der Waals surface area contributed by atoms with Crippen LogP contribution < -0.4 is 0 Å². The highest BCUT2D eigenvalue weighted by molar-refractivity contribution is 6.12. The van der Waals surface area contributed by atoms with Crippen molar-refractivity contribution >= 4 is 43.9 Å². The second-order valence-corrected chi connectivity index (χ2v) is 13.9. The summed E-state index contributed by atoms with van der Waals surface area (Å²) in [5.41, 5.74) is 12.2. The van der Waals surface area contributed by atoms with Gasteiger partial charge < -0.3 is 8.83 Å². The highest BCUT2D eigenvalue weighted by Crippen LogP contribution is 2.43. The molecule has 3 aromatic heterocycles. The number of fused-ring (bicyclic) bond motifs is 6. The van der Waals surface area contributed by atoms with Gasteiger partial charge in [0.1, 0.15) is 22.3 Å². The van der Waals surface area contributed by atoms with Crippen LogP contribution >= 0.6 is 0 Å². The molecule has 56 heavy (non-hydrogen) atoms. The lowest BCUT2D eigenvalue weighted by molar-refractivity contribution is 0.669. The molecule has 11 aromatic rings. The summed E-state index contributed by atoms with van der Waals surface area (Å²) in [6, 6.07) is 64.4. The Hall–Kier alpha value is -7.63. The molecule has 0 saturated carbocycles. The zero-order valence-corrected chi connectivity index (χ0v) is 30.1. The number of hydrogen-bond acceptors (Lipinski definition) is 5. The first kappa shape index (κ1) is 31.9. The summed E-state index contributed by atoms with van der Waals surface area (Å²) in [6.07, 6.45) is 0. The molecule has 0 amide bonds. The van der Waals surface area contributed by atoms with Gasteiger partial charge in [-0.05, 0) is 40.5 Å². The minimum atomic E-state index is 0.558. The van der Waals surface area contributed by atoms with Crippen molar-refractivity contribution in [3.63, 3.8) is 0 Å². The quantitative estimate of drug-likeness (QED) is 0.171. The van der Waals surface area contributed by atoms with E-state index in [1.807, 2.05) is 72.8 Å². The Bertz CT molecular complexity index is 3240. The molecule has 0 spiro atoms. The van der Waals surface area contributed by atoms with Gasteiger partial charge in [0.05, 0.1) is 0 Å². The van der Waals surface area contributed by atoms with E-state index in [1.54, 1.807) is 0 Å². The molecule has 0 aliphatic rings. The Labute approximate surface area is 322 Å². The molecule has 5 heteroatoms. The van der Waals surface area contributed by atoms with E-state index >= 15 is 0 Å². The Balaban J connectivity index is 1.16. The van der Waals surface area contributed by atoms with E-state index in [0.717, 1.165) is 93.9 Å². The first-order valence-corrected chi connectivity index (χ1v) is 18.7. The van der Waals surface area contributed by atoms with Gasteiger partial charge in [0.2, 0.25) is 0 Å². The summed E-state index contributed by atoms with van der Waals surface area (Å²) in [5.74, 6) is 1.74. The SMILES string of the molecule is c1ccc(-c2ccc(-c3nc(-c4ccccc4)nc(-c4cc(-c5cccc6c5oc5ccccc56)ccc4-c4cccc5c4oc4ccccc45)n3)cc2)cc1. The van der Waals surface area contributed by atoms with E-state index in [9.17, 15) is 0 Å². The molecule has 0 atom stereocenters. The predicted octanol–water partition coefficient (Wildman–Crippen LogP) is 13.7. The van der Waals surface area contributed by atoms with Crippen molar-refractivity contribution in [3.05, 3.63) is 188 Å². The molecule has 3 heterocycles. The Kier molecular flexibility index (Phi) is 7.42. The van der Waals surface area contributed by atoms with Crippen molar-refractivity contribution in [2.45, 2.75) is 0 Å². The van der Waals surface area contributed by atoms with E-state index in [2.05, 4.69) is 115 Å². The second kappa shape index (κ2) is 13.0. The van der Waals surface area contributed by atoms with Crippen molar-refractivity contribution in [2.24, 2.45) is 0 Å².